The van der Waals surface area contributed by atoms with Crippen molar-refractivity contribution in [1.29, 1.82) is 0 Å². The summed E-state index contributed by atoms with van der Waals surface area (Å²) >= 11 is 0. The lowest BCUT2D eigenvalue weighted by Gasteiger charge is -2.32. The first-order chi connectivity index (χ1) is 9.67. The smallest absolute Gasteiger partial charge is 0.256 e. The molecule has 0 radical (unpaired) electrons. The molecule has 2 fully saturated rings. The van der Waals surface area contributed by atoms with Gasteiger partial charge in [0.05, 0.1) is 17.8 Å². The van der Waals surface area contributed by atoms with Crippen LogP contribution in [0.4, 0.5) is 5.69 Å². The first-order valence-corrected chi connectivity index (χ1v) is 7.46. The minimum atomic E-state index is 0.126. The van der Waals surface area contributed by atoms with Crippen LogP contribution in [0.15, 0.2) is 18.2 Å². The summed E-state index contributed by atoms with van der Waals surface area (Å²) in [4.78, 5) is 14.7. The van der Waals surface area contributed by atoms with Crippen LogP contribution in [0.5, 0.6) is 0 Å². The third-order valence-corrected chi connectivity index (χ3v) is 4.10. The van der Waals surface area contributed by atoms with Gasteiger partial charge < -0.3 is 15.0 Å². The zero-order chi connectivity index (χ0) is 14.1. The largest absolute Gasteiger partial charge is 0.385 e. The van der Waals surface area contributed by atoms with Gasteiger partial charge in [-0.05, 0) is 44.4 Å². The first kappa shape index (κ1) is 13.4. The maximum Gasteiger partial charge on any atom is 0.256 e. The van der Waals surface area contributed by atoms with E-state index in [0.29, 0.717) is 0 Å². The van der Waals surface area contributed by atoms with E-state index in [9.17, 15) is 4.79 Å². The molecule has 2 atom stereocenters. The van der Waals surface area contributed by atoms with E-state index in [2.05, 4.69) is 5.32 Å². The summed E-state index contributed by atoms with van der Waals surface area (Å²) in [5.74, 6) is 0.126. The van der Waals surface area contributed by atoms with Crippen LogP contribution in [0.3, 0.4) is 0 Å². The van der Waals surface area contributed by atoms with Crippen LogP contribution in [-0.4, -0.2) is 42.6 Å². The lowest BCUT2D eigenvalue weighted by Crippen LogP contribution is -2.46. The van der Waals surface area contributed by atoms with Crippen molar-refractivity contribution >= 4 is 11.6 Å². The van der Waals surface area contributed by atoms with Crippen molar-refractivity contribution in [3.63, 3.8) is 0 Å². The quantitative estimate of drug-likeness (QED) is 0.920. The van der Waals surface area contributed by atoms with Crippen molar-refractivity contribution in [3.8, 4) is 0 Å². The van der Waals surface area contributed by atoms with E-state index in [1.807, 2.05) is 36.9 Å². The van der Waals surface area contributed by atoms with Crippen molar-refractivity contribution in [2.45, 2.75) is 38.9 Å². The van der Waals surface area contributed by atoms with Crippen LogP contribution in [0.2, 0.25) is 0 Å². The number of nitrogens with one attached hydrogen (secondary N) is 1. The Morgan fingerprint density at radius 1 is 1.35 bits per heavy atom. The van der Waals surface area contributed by atoms with Crippen LogP contribution < -0.4 is 5.32 Å². The van der Waals surface area contributed by atoms with Gasteiger partial charge in [0.1, 0.15) is 0 Å². The molecule has 2 unspecified atom stereocenters. The highest BCUT2D eigenvalue weighted by Gasteiger charge is 2.36. The number of hydrogen-bond donors (Lipinski definition) is 1. The van der Waals surface area contributed by atoms with Crippen molar-refractivity contribution in [2.75, 3.05) is 25.0 Å². The van der Waals surface area contributed by atoms with E-state index in [4.69, 9.17) is 4.74 Å². The molecule has 0 aliphatic carbocycles. The SMILES string of the molecule is CCNc1cc(C)ccc1C(=O)N1CC2CCC(C1)O2. The summed E-state index contributed by atoms with van der Waals surface area (Å²) in [6, 6.07) is 5.99. The number of hydrogen-bond acceptors (Lipinski definition) is 3. The van der Waals surface area contributed by atoms with Gasteiger partial charge in [0, 0.05) is 25.3 Å². The Bertz CT molecular complexity index is 503. The van der Waals surface area contributed by atoms with Crippen LogP contribution in [0.1, 0.15) is 35.7 Å². The lowest BCUT2D eigenvalue weighted by molar-refractivity contribution is -0.0303. The Morgan fingerprint density at radius 2 is 2.05 bits per heavy atom. The second-order valence-electron chi connectivity index (χ2n) is 5.75. The average Bonchev–Trinajstić information content (AvgIpc) is 2.77. The molecule has 2 aliphatic rings. The van der Waals surface area contributed by atoms with Crippen LogP contribution in [0, 0.1) is 6.92 Å². The zero-order valence-corrected chi connectivity index (χ0v) is 12.2. The number of likely N-dealkylation sites (tertiary alicyclic amines) is 1. The second kappa shape index (κ2) is 5.44. The molecule has 4 nitrogen and oxygen atoms in total. The number of benzene rings is 1. The Hall–Kier alpha value is -1.55. The Labute approximate surface area is 120 Å². The number of nitrogens with zero attached hydrogens (tertiary/aromatic N) is 1. The van der Waals surface area contributed by atoms with E-state index < -0.39 is 0 Å². The maximum atomic E-state index is 12.8. The summed E-state index contributed by atoms with van der Waals surface area (Å²) in [6.45, 7) is 6.37. The highest BCUT2D eigenvalue weighted by molar-refractivity contribution is 5.99. The molecule has 4 heteroatoms. The van der Waals surface area contributed by atoms with E-state index in [1.54, 1.807) is 0 Å². The number of carbonyl (C=O) groups is 1. The highest BCUT2D eigenvalue weighted by atomic mass is 16.5. The number of ether oxygens (including phenoxy) is 1. The van der Waals surface area contributed by atoms with Gasteiger partial charge in [0.15, 0.2) is 0 Å². The predicted molar refractivity (Wildman–Crippen MR) is 79.1 cm³/mol. The molecule has 2 bridgehead atoms. The fourth-order valence-corrected chi connectivity index (χ4v) is 3.13. The van der Waals surface area contributed by atoms with Crippen molar-refractivity contribution in [3.05, 3.63) is 29.3 Å². The van der Waals surface area contributed by atoms with Gasteiger partial charge in [0.2, 0.25) is 0 Å². The number of rotatable bonds is 3. The summed E-state index contributed by atoms with van der Waals surface area (Å²) < 4.78 is 5.80. The Kier molecular flexibility index (Phi) is 3.66. The number of fused-ring (bicyclic) bond motifs is 2. The zero-order valence-electron chi connectivity index (χ0n) is 12.2. The van der Waals surface area contributed by atoms with Gasteiger partial charge in [-0.25, -0.2) is 0 Å². The third kappa shape index (κ3) is 2.52. The third-order valence-electron chi connectivity index (χ3n) is 4.10. The first-order valence-electron chi connectivity index (χ1n) is 7.46. The number of amides is 1. The van der Waals surface area contributed by atoms with Crippen molar-refractivity contribution in [2.24, 2.45) is 0 Å². The van der Waals surface area contributed by atoms with Gasteiger partial charge in [-0.2, -0.15) is 0 Å². The van der Waals surface area contributed by atoms with Gasteiger partial charge in [-0.3, -0.25) is 4.79 Å². The summed E-state index contributed by atoms with van der Waals surface area (Å²) in [6.07, 6.45) is 2.65. The van der Waals surface area contributed by atoms with Crippen LogP contribution >= 0.6 is 0 Å². The molecule has 2 aliphatic heterocycles. The molecule has 1 aromatic carbocycles. The predicted octanol–water partition coefficient (Wildman–Crippen LogP) is 2.43. The molecule has 20 heavy (non-hydrogen) atoms. The summed E-state index contributed by atoms with van der Waals surface area (Å²) in [5, 5.41) is 3.30. The number of anilines is 1. The Balaban J connectivity index is 1.83. The average molecular weight is 274 g/mol. The topological polar surface area (TPSA) is 41.6 Å². The molecule has 2 heterocycles. The molecular weight excluding hydrogens is 252 g/mol. The monoisotopic (exact) mass is 274 g/mol. The van der Waals surface area contributed by atoms with Crippen LogP contribution in [0.25, 0.3) is 0 Å². The van der Waals surface area contributed by atoms with Crippen LogP contribution in [-0.2, 0) is 4.74 Å². The molecule has 0 aromatic heterocycles. The molecule has 1 aromatic rings. The molecular formula is C16H22N2O2. The van der Waals surface area contributed by atoms with Crippen molar-refractivity contribution in [1.82, 2.24) is 4.90 Å². The lowest BCUT2D eigenvalue weighted by atomic mass is 10.1. The van der Waals surface area contributed by atoms with E-state index >= 15 is 0 Å². The van der Waals surface area contributed by atoms with E-state index in [0.717, 1.165) is 43.7 Å². The Morgan fingerprint density at radius 3 is 2.70 bits per heavy atom. The molecule has 108 valence electrons. The van der Waals surface area contributed by atoms with Crippen molar-refractivity contribution < 1.29 is 9.53 Å². The molecule has 3 rings (SSSR count). The van der Waals surface area contributed by atoms with Gasteiger partial charge in [0.25, 0.3) is 5.91 Å². The van der Waals surface area contributed by atoms with Gasteiger partial charge >= 0.3 is 0 Å². The molecule has 1 N–H and O–H groups in total. The summed E-state index contributed by atoms with van der Waals surface area (Å²) in [5.41, 5.74) is 2.88. The second-order valence-corrected chi connectivity index (χ2v) is 5.75. The molecule has 0 saturated carbocycles. The number of aryl methyl sites for hydroxylation is 1. The standard InChI is InChI=1S/C16H22N2O2/c1-3-17-15-8-11(2)4-7-14(15)16(19)18-9-12-5-6-13(10-18)20-12/h4,7-8,12-13,17H,3,5-6,9-10H2,1-2H3. The minimum Gasteiger partial charge on any atom is -0.385 e. The number of carbonyl (C=O) groups excluding carboxylic acids is 1. The van der Waals surface area contributed by atoms with E-state index in [-0.39, 0.29) is 18.1 Å². The molecule has 2 saturated heterocycles. The maximum absolute atomic E-state index is 12.8. The van der Waals surface area contributed by atoms with E-state index in [1.165, 1.54) is 5.56 Å². The molecule has 1 amide bonds. The normalized spacial score (nSPS) is 24.8. The minimum absolute atomic E-state index is 0.126. The fourth-order valence-electron chi connectivity index (χ4n) is 3.13. The van der Waals surface area contributed by atoms with Gasteiger partial charge in [-0.15, -0.1) is 0 Å². The molecule has 0 spiro atoms. The van der Waals surface area contributed by atoms with Gasteiger partial charge in [-0.1, -0.05) is 6.07 Å². The fraction of sp³-hybridized carbons (Fsp3) is 0.562. The number of morpholine rings is 1. The highest BCUT2D eigenvalue weighted by Crippen LogP contribution is 2.28. The summed E-state index contributed by atoms with van der Waals surface area (Å²) in [7, 11) is 0.